The Morgan fingerprint density at radius 1 is 1.21 bits per heavy atom. The van der Waals surface area contributed by atoms with Crippen LogP contribution in [0.1, 0.15) is 21.5 Å². The standard InChI is InChI=1S/C17H13N3O3S/c1-10-3-2-8-18-14(10)19-15(21)12-6-4-11(5-7-12)9-13-16(22)20-17(23)24-13/h2-9H,1H3,(H,18,19,21)(H,20,22,23)/b13-9+. The molecule has 0 radical (unpaired) electrons. The van der Waals surface area contributed by atoms with Crippen LogP contribution in [0.25, 0.3) is 6.08 Å². The van der Waals surface area contributed by atoms with Crippen molar-refractivity contribution in [3.63, 3.8) is 0 Å². The van der Waals surface area contributed by atoms with Crippen molar-refractivity contribution in [2.75, 3.05) is 5.32 Å². The highest BCUT2D eigenvalue weighted by Crippen LogP contribution is 2.25. The van der Waals surface area contributed by atoms with E-state index in [9.17, 15) is 14.4 Å². The Balaban J connectivity index is 1.74. The summed E-state index contributed by atoms with van der Waals surface area (Å²) in [6.07, 6.45) is 3.22. The molecule has 0 bridgehead atoms. The van der Waals surface area contributed by atoms with E-state index in [1.165, 1.54) is 0 Å². The van der Waals surface area contributed by atoms with Crippen LogP contribution in [0.2, 0.25) is 0 Å². The smallest absolute Gasteiger partial charge is 0.290 e. The minimum Gasteiger partial charge on any atom is -0.306 e. The minimum absolute atomic E-state index is 0.265. The highest BCUT2D eigenvalue weighted by Gasteiger charge is 2.24. The predicted octanol–water partition coefficient (Wildman–Crippen LogP) is 2.97. The van der Waals surface area contributed by atoms with E-state index in [2.05, 4.69) is 15.6 Å². The summed E-state index contributed by atoms with van der Waals surface area (Å²) in [6.45, 7) is 1.86. The first kappa shape index (κ1) is 15.9. The predicted molar refractivity (Wildman–Crippen MR) is 92.5 cm³/mol. The highest BCUT2D eigenvalue weighted by atomic mass is 32.2. The van der Waals surface area contributed by atoms with E-state index in [0.717, 1.165) is 22.9 Å². The third-order valence-corrected chi connectivity index (χ3v) is 4.16. The number of benzene rings is 1. The number of aryl methyl sites for hydroxylation is 1. The van der Waals surface area contributed by atoms with Gasteiger partial charge in [0.1, 0.15) is 5.82 Å². The number of nitrogens with zero attached hydrogens (tertiary/aromatic N) is 1. The molecule has 7 heteroatoms. The van der Waals surface area contributed by atoms with Crippen molar-refractivity contribution in [1.82, 2.24) is 10.3 Å². The lowest BCUT2D eigenvalue weighted by Gasteiger charge is -2.07. The second-order valence-corrected chi connectivity index (χ2v) is 6.11. The Hall–Kier alpha value is -2.93. The van der Waals surface area contributed by atoms with Crippen LogP contribution in [0.5, 0.6) is 0 Å². The molecule has 2 N–H and O–H groups in total. The Morgan fingerprint density at radius 3 is 2.58 bits per heavy atom. The van der Waals surface area contributed by atoms with E-state index < -0.39 is 5.91 Å². The van der Waals surface area contributed by atoms with Crippen molar-refractivity contribution in [2.24, 2.45) is 0 Å². The number of hydrogen-bond donors (Lipinski definition) is 2. The quantitative estimate of drug-likeness (QED) is 0.839. The van der Waals surface area contributed by atoms with E-state index in [-0.39, 0.29) is 11.1 Å². The minimum atomic E-state index is -0.405. The topological polar surface area (TPSA) is 88.2 Å². The zero-order valence-electron chi connectivity index (χ0n) is 12.7. The lowest BCUT2D eigenvalue weighted by molar-refractivity contribution is -0.115. The molecule has 1 aliphatic rings. The molecule has 120 valence electrons. The molecule has 0 aliphatic carbocycles. The molecule has 2 aromatic rings. The number of thioether (sulfide) groups is 1. The lowest BCUT2D eigenvalue weighted by atomic mass is 10.1. The zero-order valence-corrected chi connectivity index (χ0v) is 13.5. The molecular weight excluding hydrogens is 326 g/mol. The number of pyridine rings is 1. The third kappa shape index (κ3) is 3.52. The summed E-state index contributed by atoms with van der Waals surface area (Å²) in [7, 11) is 0. The normalized spacial score (nSPS) is 15.5. The number of amides is 3. The number of aromatic nitrogens is 1. The van der Waals surface area contributed by atoms with Gasteiger partial charge in [-0.3, -0.25) is 19.7 Å². The fourth-order valence-corrected chi connectivity index (χ4v) is 2.78. The molecule has 1 aromatic carbocycles. The van der Waals surface area contributed by atoms with Crippen LogP contribution in [-0.2, 0) is 4.79 Å². The molecule has 1 fully saturated rings. The Kier molecular flexibility index (Phi) is 4.43. The van der Waals surface area contributed by atoms with Crippen molar-refractivity contribution in [3.05, 3.63) is 64.2 Å². The van der Waals surface area contributed by atoms with Gasteiger partial charge in [0.2, 0.25) is 0 Å². The lowest BCUT2D eigenvalue weighted by Crippen LogP contribution is -2.17. The summed E-state index contributed by atoms with van der Waals surface area (Å²) >= 11 is 0.856. The molecule has 3 rings (SSSR count). The maximum absolute atomic E-state index is 12.2. The Bertz CT molecular complexity index is 860. The first-order valence-electron chi connectivity index (χ1n) is 7.11. The van der Waals surface area contributed by atoms with Gasteiger partial charge in [0.15, 0.2) is 0 Å². The summed E-state index contributed by atoms with van der Waals surface area (Å²) < 4.78 is 0. The number of rotatable bonds is 3. The summed E-state index contributed by atoms with van der Waals surface area (Å²) in [5, 5.41) is 4.57. The molecule has 0 atom stereocenters. The van der Waals surface area contributed by atoms with Gasteiger partial charge in [-0.2, -0.15) is 0 Å². The maximum atomic E-state index is 12.2. The number of hydrogen-bond acceptors (Lipinski definition) is 5. The number of carbonyl (C=O) groups is 3. The van der Waals surface area contributed by atoms with Crippen LogP contribution in [-0.4, -0.2) is 22.0 Å². The van der Waals surface area contributed by atoms with E-state index in [0.29, 0.717) is 16.3 Å². The molecule has 1 saturated heterocycles. The van der Waals surface area contributed by atoms with Gasteiger partial charge in [0, 0.05) is 11.8 Å². The van der Waals surface area contributed by atoms with Crippen LogP contribution in [0.4, 0.5) is 10.6 Å². The number of anilines is 1. The maximum Gasteiger partial charge on any atom is 0.290 e. The van der Waals surface area contributed by atoms with Crippen molar-refractivity contribution >= 4 is 40.7 Å². The van der Waals surface area contributed by atoms with Crippen molar-refractivity contribution in [1.29, 1.82) is 0 Å². The average molecular weight is 339 g/mol. The van der Waals surface area contributed by atoms with Gasteiger partial charge in [-0.1, -0.05) is 18.2 Å². The van der Waals surface area contributed by atoms with Crippen molar-refractivity contribution in [2.45, 2.75) is 6.92 Å². The third-order valence-electron chi connectivity index (χ3n) is 3.35. The summed E-state index contributed by atoms with van der Waals surface area (Å²) in [4.78, 5) is 39.3. The van der Waals surface area contributed by atoms with E-state index in [1.807, 2.05) is 13.0 Å². The number of nitrogens with one attached hydrogen (secondary N) is 2. The van der Waals surface area contributed by atoms with Crippen LogP contribution < -0.4 is 10.6 Å². The van der Waals surface area contributed by atoms with Crippen LogP contribution in [0.3, 0.4) is 0 Å². The molecule has 0 saturated carbocycles. The molecule has 6 nitrogen and oxygen atoms in total. The first-order valence-corrected chi connectivity index (χ1v) is 7.92. The van der Waals surface area contributed by atoms with Gasteiger partial charge in [-0.15, -0.1) is 0 Å². The monoisotopic (exact) mass is 339 g/mol. The molecule has 0 unspecified atom stereocenters. The van der Waals surface area contributed by atoms with Crippen molar-refractivity contribution in [3.8, 4) is 0 Å². The van der Waals surface area contributed by atoms with Gasteiger partial charge in [-0.05, 0) is 54.1 Å². The highest BCUT2D eigenvalue weighted by molar-refractivity contribution is 8.18. The van der Waals surface area contributed by atoms with Gasteiger partial charge in [0.05, 0.1) is 4.91 Å². The molecule has 1 aromatic heterocycles. The fourth-order valence-electron chi connectivity index (χ4n) is 2.10. The van der Waals surface area contributed by atoms with E-state index in [1.54, 1.807) is 42.6 Å². The summed E-state index contributed by atoms with van der Waals surface area (Å²) in [5.74, 6) is -0.150. The van der Waals surface area contributed by atoms with Gasteiger partial charge >= 0.3 is 0 Å². The van der Waals surface area contributed by atoms with Gasteiger partial charge in [-0.25, -0.2) is 4.98 Å². The SMILES string of the molecule is Cc1cccnc1NC(=O)c1ccc(/C=C2/SC(=O)NC2=O)cc1. The van der Waals surface area contributed by atoms with E-state index in [4.69, 9.17) is 0 Å². The first-order chi connectivity index (χ1) is 11.5. The number of carbonyl (C=O) groups excluding carboxylic acids is 3. The average Bonchev–Trinajstić information content (AvgIpc) is 2.88. The van der Waals surface area contributed by atoms with Crippen LogP contribution >= 0.6 is 11.8 Å². The zero-order chi connectivity index (χ0) is 17.1. The largest absolute Gasteiger partial charge is 0.306 e. The fraction of sp³-hybridized carbons (Fsp3) is 0.0588. The molecule has 24 heavy (non-hydrogen) atoms. The summed E-state index contributed by atoms with van der Waals surface area (Å²) in [5.41, 5.74) is 2.08. The van der Waals surface area contributed by atoms with Crippen LogP contribution in [0.15, 0.2) is 47.5 Å². The van der Waals surface area contributed by atoms with Crippen molar-refractivity contribution < 1.29 is 14.4 Å². The Labute approximate surface area is 142 Å². The van der Waals surface area contributed by atoms with Crippen LogP contribution in [0, 0.1) is 6.92 Å². The second kappa shape index (κ2) is 6.67. The van der Waals surface area contributed by atoms with E-state index >= 15 is 0 Å². The van der Waals surface area contributed by atoms with Gasteiger partial charge < -0.3 is 5.32 Å². The second-order valence-electron chi connectivity index (χ2n) is 5.10. The van der Waals surface area contributed by atoms with Gasteiger partial charge in [0.25, 0.3) is 17.1 Å². The summed E-state index contributed by atoms with van der Waals surface area (Å²) in [6, 6.07) is 10.4. The molecule has 0 spiro atoms. The molecular formula is C17H13N3O3S. The molecule has 1 aliphatic heterocycles. The molecule has 2 heterocycles. The molecule has 3 amide bonds. The number of imide groups is 1. The Morgan fingerprint density at radius 2 is 1.96 bits per heavy atom.